The van der Waals surface area contributed by atoms with Crippen LogP contribution in [0.2, 0.25) is 5.02 Å². The van der Waals surface area contributed by atoms with Gasteiger partial charge in [0.15, 0.2) is 0 Å². The molecule has 3 rings (SSSR count). The number of carbonyl (C=O) groups is 2. The van der Waals surface area contributed by atoms with Crippen molar-refractivity contribution in [3.8, 4) is 5.75 Å². The van der Waals surface area contributed by atoms with Crippen molar-refractivity contribution in [2.75, 3.05) is 18.1 Å². The summed E-state index contributed by atoms with van der Waals surface area (Å²) in [5, 5.41) is 9.47. The van der Waals surface area contributed by atoms with Crippen molar-refractivity contribution in [1.82, 2.24) is 0 Å². The van der Waals surface area contributed by atoms with Gasteiger partial charge in [-0.3, -0.25) is 4.79 Å². The highest BCUT2D eigenvalue weighted by Gasteiger charge is 2.31. The number of carboxylic acids is 1. The second-order valence-corrected chi connectivity index (χ2v) is 6.13. The van der Waals surface area contributed by atoms with Gasteiger partial charge in [-0.15, -0.1) is 0 Å². The molecule has 0 aliphatic carbocycles. The van der Waals surface area contributed by atoms with Crippen molar-refractivity contribution in [2.24, 2.45) is 5.92 Å². The largest absolute Gasteiger partial charge is 0.493 e. The standard InChI is InChI=1S/C18H16ClNO4/c19-14-2-1-3-15(9-14)20-10-12(8-17(20)21)11-24-16-6-4-13(5-7-16)18(22)23/h1-7,9,12H,8,10-11H2,(H,22,23). The summed E-state index contributed by atoms with van der Waals surface area (Å²) in [5.74, 6) is -0.253. The predicted octanol–water partition coefficient (Wildman–Crippen LogP) is 3.47. The summed E-state index contributed by atoms with van der Waals surface area (Å²) in [6.07, 6.45) is 0.416. The normalized spacial score (nSPS) is 17.1. The van der Waals surface area contributed by atoms with Gasteiger partial charge in [0.2, 0.25) is 5.91 Å². The van der Waals surface area contributed by atoms with Crippen LogP contribution in [0.25, 0.3) is 0 Å². The summed E-state index contributed by atoms with van der Waals surface area (Å²) in [7, 11) is 0. The van der Waals surface area contributed by atoms with Crippen molar-refractivity contribution in [3.63, 3.8) is 0 Å². The summed E-state index contributed by atoms with van der Waals surface area (Å²) in [6, 6.07) is 13.5. The summed E-state index contributed by atoms with van der Waals surface area (Å²) in [5.41, 5.74) is 1.01. The van der Waals surface area contributed by atoms with E-state index in [2.05, 4.69) is 0 Å². The van der Waals surface area contributed by atoms with Gasteiger partial charge >= 0.3 is 5.97 Å². The Morgan fingerprint density at radius 1 is 1.25 bits per heavy atom. The molecule has 0 radical (unpaired) electrons. The van der Waals surface area contributed by atoms with E-state index in [1.54, 1.807) is 29.2 Å². The molecule has 0 saturated carbocycles. The quantitative estimate of drug-likeness (QED) is 0.901. The predicted molar refractivity (Wildman–Crippen MR) is 90.8 cm³/mol. The van der Waals surface area contributed by atoms with Crippen LogP contribution in [-0.2, 0) is 4.79 Å². The van der Waals surface area contributed by atoms with Crippen molar-refractivity contribution >= 4 is 29.2 Å². The number of anilines is 1. The number of carbonyl (C=O) groups excluding carboxylic acids is 1. The summed E-state index contributed by atoms with van der Waals surface area (Å²) in [6.45, 7) is 0.974. The molecule has 1 saturated heterocycles. The molecule has 1 aliphatic rings. The molecule has 24 heavy (non-hydrogen) atoms. The lowest BCUT2D eigenvalue weighted by molar-refractivity contribution is -0.117. The number of ether oxygens (including phenoxy) is 1. The molecule has 1 N–H and O–H groups in total. The molecular formula is C18H16ClNO4. The van der Waals surface area contributed by atoms with Gasteiger partial charge in [-0.1, -0.05) is 17.7 Å². The molecule has 2 aromatic carbocycles. The molecule has 6 heteroatoms. The third kappa shape index (κ3) is 3.68. The van der Waals surface area contributed by atoms with Crippen LogP contribution in [0, 0.1) is 5.92 Å². The number of amides is 1. The highest BCUT2D eigenvalue weighted by atomic mass is 35.5. The number of aromatic carboxylic acids is 1. The minimum absolute atomic E-state index is 0.0482. The fourth-order valence-electron chi connectivity index (χ4n) is 2.69. The van der Waals surface area contributed by atoms with Crippen LogP contribution in [0.1, 0.15) is 16.8 Å². The first-order chi connectivity index (χ1) is 11.5. The maximum Gasteiger partial charge on any atom is 0.335 e. The van der Waals surface area contributed by atoms with Gasteiger partial charge in [-0.25, -0.2) is 4.79 Å². The Hall–Kier alpha value is -2.53. The molecule has 1 fully saturated rings. The Morgan fingerprint density at radius 3 is 2.67 bits per heavy atom. The first-order valence-electron chi connectivity index (χ1n) is 7.55. The summed E-state index contributed by atoms with van der Waals surface area (Å²) < 4.78 is 5.68. The third-order valence-electron chi connectivity index (χ3n) is 3.91. The number of hydrogen-bond acceptors (Lipinski definition) is 3. The molecule has 1 amide bonds. The van der Waals surface area contributed by atoms with Gasteiger partial charge in [0.05, 0.1) is 12.2 Å². The first kappa shape index (κ1) is 16.3. The van der Waals surface area contributed by atoms with E-state index in [1.165, 1.54) is 12.1 Å². The maximum absolute atomic E-state index is 12.2. The van der Waals surface area contributed by atoms with E-state index in [0.29, 0.717) is 30.3 Å². The molecule has 1 aliphatic heterocycles. The molecule has 0 aromatic heterocycles. The van der Waals surface area contributed by atoms with E-state index < -0.39 is 5.97 Å². The first-order valence-corrected chi connectivity index (χ1v) is 7.93. The zero-order valence-corrected chi connectivity index (χ0v) is 13.6. The lowest BCUT2D eigenvalue weighted by Crippen LogP contribution is -2.25. The van der Waals surface area contributed by atoms with Gasteiger partial charge in [0.1, 0.15) is 5.75 Å². The third-order valence-corrected chi connectivity index (χ3v) is 4.15. The molecule has 2 aromatic rings. The highest BCUT2D eigenvalue weighted by Crippen LogP contribution is 2.27. The topological polar surface area (TPSA) is 66.8 Å². The minimum atomic E-state index is -0.972. The number of hydrogen-bond donors (Lipinski definition) is 1. The Bertz CT molecular complexity index is 760. The fourth-order valence-corrected chi connectivity index (χ4v) is 2.88. The molecular weight excluding hydrogens is 330 g/mol. The van der Waals surface area contributed by atoms with Gasteiger partial charge in [-0.05, 0) is 42.5 Å². The van der Waals surface area contributed by atoms with Crippen LogP contribution < -0.4 is 9.64 Å². The summed E-state index contributed by atoms with van der Waals surface area (Å²) in [4.78, 5) is 24.7. The van der Waals surface area contributed by atoms with E-state index in [9.17, 15) is 9.59 Å². The van der Waals surface area contributed by atoms with E-state index in [0.717, 1.165) is 5.69 Å². The lowest BCUT2D eigenvalue weighted by Gasteiger charge is -2.17. The molecule has 1 heterocycles. The van der Waals surface area contributed by atoms with E-state index >= 15 is 0 Å². The Balaban J connectivity index is 1.59. The van der Waals surface area contributed by atoms with Gasteiger partial charge < -0.3 is 14.7 Å². The summed E-state index contributed by atoms with van der Waals surface area (Å²) >= 11 is 5.98. The molecule has 0 spiro atoms. The zero-order chi connectivity index (χ0) is 17.1. The number of rotatable bonds is 5. The Labute approximate surface area is 144 Å². The SMILES string of the molecule is O=C(O)c1ccc(OCC2CC(=O)N(c3cccc(Cl)c3)C2)cc1. The van der Waals surface area contributed by atoms with Crippen LogP contribution in [0.5, 0.6) is 5.75 Å². The van der Waals surface area contributed by atoms with Crippen molar-refractivity contribution in [1.29, 1.82) is 0 Å². The van der Waals surface area contributed by atoms with Crippen molar-refractivity contribution in [2.45, 2.75) is 6.42 Å². The lowest BCUT2D eigenvalue weighted by atomic mass is 10.1. The average molecular weight is 346 g/mol. The number of carboxylic acid groups (broad SMARTS) is 1. The minimum Gasteiger partial charge on any atom is -0.493 e. The fraction of sp³-hybridized carbons (Fsp3) is 0.222. The van der Waals surface area contributed by atoms with Crippen LogP contribution in [-0.4, -0.2) is 30.1 Å². The average Bonchev–Trinajstić information content (AvgIpc) is 2.94. The molecule has 5 nitrogen and oxygen atoms in total. The van der Waals surface area contributed by atoms with Gasteiger partial charge in [0, 0.05) is 29.6 Å². The van der Waals surface area contributed by atoms with Gasteiger partial charge in [0.25, 0.3) is 0 Å². The molecule has 0 bridgehead atoms. The monoisotopic (exact) mass is 345 g/mol. The second kappa shape index (κ2) is 6.93. The van der Waals surface area contributed by atoms with Crippen molar-refractivity contribution < 1.29 is 19.4 Å². The van der Waals surface area contributed by atoms with Crippen LogP contribution in [0.4, 0.5) is 5.69 Å². The number of halogens is 1. The molecule has 1 atom stereocenters. The van der Waals surface area contributed by atoms with Crippen LogP contribution in [0.15, 0.2) is 48.5 Å². The molecule has 124 valence electrons. The highest BCUT2D eigenvalue weighted by molar-refractivity contribution is 6.30. The number of nitrogens with zero attached hydrogens (tertiary/aromatic N) is 1. The van der Waals surface area contributed by atoms with Crippen LogP contribution in [0.3, 0.4) is 0 Å². The molecule has 1 unspecified atom stereocenters. The van der Waals surface area contributed by atoms with E-state index in [-0.39, 0.29) is 17.4 Å². The Kier molecular flexibility index (Phi) is 4.71. The maximum atomic E-state index is 12.2. The smallest absolute Gasteiger partial charge is 0.335 e. The van der Waals surface area contributed by atoms with E-state index in [1.807, 2.05) is 12.1 Å². The Morgan fingerprint density at radius 2 is 2.00 bits per heavy atom. The number of benzene rings is 2. The second-order valence-electron chi connectivity index (χ2n) is 5.69. The van der Waals surface area contributed by atoms with Crippen molar-refractivity contribution in [3.05, 3.63) is 59.1 Å². The zero-order valence-electron chi connectivity index (χ0n) is 12.8. The van der Waals surface area contributed by atoms with E-state index in [4.69, 9.17) is 21.4 Å². The van der Waals surface area contributed by atoms with Gasteiger partial charge in [-0.2, -0.15) is 0 Å². The van der Waals surface area contributed by atoms with Crippen LogP contribution >= 0.6 is 11.6 Å².